The Balaban J connectivity index is 1.52. The number of aliphatic hydroxyl groups is 1. The van der Waals surface area contributed by atoms with Crippen LogP contribution in [-0.4, -0.2) is 44.7 Å². The number of ether oxygens (including phenoxy) is 1. The average Bonchev–Trinajstić information content (AvgIpc) is 2.93. The van der Waals surface area contributed by atoms with E-state index in [1.54, 1.807) is 0 Å². The largest absolute Gasteiger partial charge is 0.405 e. The lowest BCUT2D eigenvalue weighted by molar-refractivity contribution is -0.121. The standard InChI is InChI=1S/C33H39NO4Si/c1-25(35)34-31(23-37-22-26-19-20-27-13-11-12-14-28(27)21-26)32(36)24-38-39(33(2,3)4,29-15-7-5-8-16-29)30-17-9-6-10-18-30/h5-21,31-32,36H,22-24H2,1-4H3,(H,34,35)/t31-,32-/m1/s1. The van der Waals surface area contributed by atoms with Crippen LogP contribution in [0.25, 0.3) is 10.8 Å². The molecule has 39 heavy (non-hydrogen) atoms. The molecule has 4 rings (SSSR count). The quantitative estimate of drug-likeness (QED) is 0.268. The summed E-state index contributed by atoms with van der Waals surface area (Å²) >= 11 is 0. The molecule has 0 aliphatic carbocycles. The lowest BCUT2D eigenvalue weighted by atomic mass is 10.1. The first-order valence-electron chi connectivity index (χ1n) is 13.5. The second-order valence-electron chi connectivity index (χ2n) is 11.0. The summed E-state index contributed by atoms with van der Waals surface area (Å²) in [6, 6.07) is 34.4. The number of nitrogens with one attached hydrogen (secondary N) is 1. The normalized spacial score (nSPS) is 13.7. The van der Waals surface area contributed by atoms with Crippen LogP contribution < -0.4 is 15.7 Å². The molecule has 5 nitrogen and oxygen atoms in total. The first kappa shape index (κ1) is 28.7. The summed E-state index contributed by atoms with van der Waals surface area (Å²) < 4.78 is 12.9. The van der Waals surface area contributed by atoms with E-state index in [1.165, 1.54) is 12.3 Å². The Bertz CT molecular complexity index is 1320. The minimum absolute atomic E-state index is 0.0670. The summed E-state index contributed by atoms with van der Waals surface area (Å²) in [5.74, 6) is -0.223. The number of amides is 1. The molecule has 6 heteroatoms. The zero-order chi connectivity index (χ0) is 27.9. The zero-order valence-corrected chi connectivity index (χ0v) is 24.3. The number of fused-ring (bicyclic) bond motifs is 1. The van der Waals surface area contributed by atoms with Gasteiger partial charge in [0.05, 0.1) is 32.0 Å². The Kier molecular flexibility index (Phi) is 9.35. The second-order valence-corrected chi connectivity index (χ2v) is 15.4. The highest BCUT2D eigenvalue weighted by Crippen LogP contribution is 2.36. The molecule has 0 fully saturated rings. The van der Waals surface area contributed by atoms with Gasteiger partial charge in [-0.15, -0.1) is 0 Å². The van der Waals surface area contributed by atoms with E-state index in [1.807, 2.05) is 54.6 Å². The van der Waals surface area contributed by atoms with Crippen molar-refractivity contribution in [1.29, 1.82) is 0 Å². The van der Waals surface area contributed by atoms with E-state index < -0.39 is 20.5 Å². The Hall–Kier alpha value is -3.29. The number of carbonyl (C=O) groups is 1. The molecule has 0 heterocycles. The molecule has 0 aliphatic heterocycles. The van der Waals surface area contributed by atoms with Crippen molar-refractivity contribution in [3.05, 3.63) is 109 Å². The van der Waals surface area contributed by atoms with Crippen molar-refractivity contribution >= 4 is 35.4 Å². The molecule has 1 amide bonds. The van der Waals surface area contributed by atoms with Gasteiger partial charge in [0, 0.05) is 6.92 Å². The molecule has 0 bridgehead atoms. The SMILES string of the molecule is CC(=O)N[C@H](COCc1ccc2ccccc2c1)[C@H](O)CO[Si](c1ccccc1)(c1ccccc1)C(C)(C)C. The van der Waals surface area contributed by atoms with Crippen LogP contribution in [0.1, 0.15) is 33.3 Å². The molecular formula is C33H39NO4Si. The molecular weight excluding hydrogens is 502 g/mol. The van der Waals surface area contributed by atoms with E-state index in [2.05, 4.69) is 74.6 Å². The van der Waals surface area contributed by atoms with Crippen LogP contribution >= 0.6 is 0 Å². The molecule has 204 valence electrons. The minimum atomic E-state index is -2.82. The molecule has 0 saturated carbocycles. The fourth-order valence-corrected chi connectivity index (χ4v) is 9.81. The van der Waals surface area contributed by atoms with E-state index in [-0.39, 0.29) is 24.2 Å². The van der Waals surface area contributed by atoms with Crippen molar-refractivity contribution in [2.75, 3.05) is 13.2 Å². The van der Waals surface area contributed by atoms with Gasteiger partial charge in [0.15, 0.2) is 0 Å². The average molecular weight is 542 g/mol. The van der Waals surface area contributed by atoms with Gasteiger partial charge in [0.25, 0.3) is 8.32 Å². The minimum Gasteiger partial charge on any atom is -0.405 e. The fourth-order valence-electron chi connectivity index (χ4n) is 5.23. The molecule has 0 unspecified atom stereocenters. The van der Waals surface area contributed by atoms with Gasteiger partial charge in [0.2, 0.25) is 5.91 Å². The number of hydrogen-bond acceptors (Lipinski definition) is 4. The van der Waals surface area contributed by atoms with Gasteiger partial charge < -0.3 is 19.6 Å². The number of aliphatic hydroxyl groups excluding tert-OH is 1. The maximum atomic E-state index is 12.0. The van der Waals surface area contributed by atoms with Crippen LogP contribution in [0.15, 0.2) is 103 Å². The van der Waals surface area contributed by atoms with Crippen molar-refractivity contribution in [3.63, 3.8) is 0 Å². The van der Waals surface area contributed by atoms with Gasteiger partial charge in [-0.05, 0) is 37.8 Å². The van der Waals surface area contributed by atoms with Crippen molar-refractivity contribution in [2.45, 2.75) is 51.5 Å². The lowest BCUT2D eigenvalue weighted by Gasteiger charge is -2.43. The summed E-state index contributed by atoms with van der Waals surface area (Å²) in [7, 11) is -2.82. The van der Waals surface area contributed by atoms with Gasteiger partial charge in [-0.3, -0.25) is 4.79 Å². The lowest BCUT2D eigenvalue weighted by Crippen LogP contribution is -2.67. The summed E-state index contributed by atoms with van der Waals surface area (Å²) in [5.41, 5.74) is 1.04. The molecule has 4 aromatic rings. The fraction of sp³-hybridized carbons (Fsp3) is 0.303. The summed E-state index contributed by atoms with van der Waals surface area (Å²) in [4.78, 5) is 12.0. The van der Waals surface area contributed by atoms with Gasteiger partial charge in [-0.2, -0.15) is 0 Å². The highest BCUT2D eigenvalue weighted by molar-refractivity contribution is 6.99. The predicted octanol–water partition coefficient (Wildman–Crippen LogP) is 4.80. The summed E-state index contributed by atoms with van der Waals surface area (Å²) in [6.07, 6.45) is -0.952. The van der Waals surface area contributed by atoms with E-state index in [4.69, 9.17) is 9.16 Å². The Morgan fingerprint density at radius 2 is 1.38 bits per heavy atom. The highest BCUT2D eigenvalue weighted by Gasteiger charge is 2.50. The van der Waals surface area contributed by atoms with Crippen LogP contribution in [0.3, 0.4) is 0 Å². The Labute approximate surface area is 232 Å². The van der Waals surface area contributed by atoms with Gasteiger partial charge in [0.1, 0.15) is 0 Å². The summed E-state index contributed by atoms with van der Waals surface area (Å²) in [5, 5.41) is 18.6. The molecule has 0 aromatic heterocycles. The third-order valence-electron chi connectivity index (χ3n) is 7.12. The first-order valence-corrected chi connectivity index (χ1v) is 15.4. The number of benzene rings is 4. The van der Waals surface area contributed by atoms with Crippen LogP contribution in [-0.2, 0) is 20.6 Å². The van der Waals surface area contributed by atoms with Crippen molar-refractivity contribution in [2.24, 2.45) is 0 Å². The summed E-state index contributed by atoms with van der Waals surface area (Å²) in [6.45, 7) is 8.65. The van der Waals surface area contributed by atoms with E-state index >= 15 is 0 Å². The smallest absolute Gasteiger partial charge is 0.261 e. The van der Waals surface area contributed by atoms with E-state index in [0.717, 1.165) is 21.3 Å². The Morgan fingerprint density at radius 3 is 1.95 bits per heavy atom. The molecule has 0 spiro atoms. The third kappa shape index (κ3) is 6.83. The number of carbonyl (C=O) groups excluding carboxylic acids is 1. The maximum absolute atomic E-state index is 12.0. The van der Waals surface area contributed by atoms with Crippen LogP contribution in [0, 0.1) is 0 Å². The topological polar surface area (TPSA) is 67.8 Å². The third-order valence-corrected chi connectivity index (χ3v) is 12.1. The number of hydrogen-bond donors (Lipinski definition) is 2. The van der Waals surface area contributed by atoms with Crippen LogP contribution in [0.2, 0.25) is 5.04 Å². The van der Waals surface area contributed by atoms with Gasteiger partial charge in [-0.1, -0.05) is 118 Å². The van der Waals surface area contributed by atoms with E-state index in [9.17, 15) is 9.90 Å². The predicted molar refractivity (Wildman–Crippen MR) is 161 cm³/mol. The monoisotopic (exact) mass is 541 g/mol. The molecule has 0 radical (unpaired) electrons. The van der Waals surface area contributed by atoms with E-state index in [0.29, 0.717) is 6.61 Å². The second kappa shape index (κ2) is 12.7. The zero-order valence-electron chi connectivity index (χ0n) is 23.3. The van der Waals surface area contributed by atoms with Gasteiger partial charge >= 0.3 is 0 Å². The molecule has 4 aromatic carbocycles. The Morgan fingerprint density at radius 1 is 0.821 bits per heavy atom. The van der Waals surface area contributed by atoms with Crippen LogP contribution in [0.4, 0.5) is 0 Å². The number of rotatable bonds is 11. The van der Waals surface area contributed by atoms with Crippen molar-refractivity contribution in [1.82, 2.24) is 5.32 Å². The first-order chi connectivity index (χ1) is 18.7. The molecule has 2 atom stereocenters. The molecule has 2 N–H and O–H groups in total. The molecule has 0 saturated heterocycles. The molecule has 0 aliphatic rings. The van der Waals surface area contributed by atoms with Crippen molar-refractivity contribution < 1.29 is 19.1 Å². The maximum Gasteiger partial charge on any atom is 0.261 e. The van der Waals surface area contributed by atoms with Crippen molar-refractivity contribution in [3.8, 4) is 0 Å². The highest BCUT2D eigenvalue weighted by atomic mass is 28.4. The van der Waals surface area contributed by atoms with Gasteiger partial charge in [-0.25, -0.2) is 0 Å². The van der Waals surface area contributed by atoms with Crippen LogP contribution in [0.5, 0.6) is 0 Å².